The Kier molecular flexibility index (Phi) is 6.58. The SMILES string of the molecule is Cc1cc(C(=O)COC(=O)CCC(=O)c2ccccc2)c(C)n1-c1ccc2c(c1)OCCO2. The van der Waals surface area contributed by atoms with Crippen LogP contribution in [0.5, 0.6) is 11.5 Å². The van der Waals surface area contributed by atoms with Gasteiger partial charge in [-0.15, -0.1) is 0 Å². The molecule has 170 valence electrons. The Morgan fingerprint density at radius 2 is 1.61 bits per heavy atom. The van der Waals surface area contributed by atoms with E-state index in [-0.39, 0.29) is 31.0 Å². The maximum absolute atomic E-state index is 12.8. The first kappa shape index (κ1) is 22.3. The maximum Gasteiger partial charge on any atom is 0.306 e. The number of carbonyl (C=O) groups excluding carboxylic acids is 3. The van der Waals surface area contributed by atoms with Gasteiger partial charge in [-0.3, -0.25) is 14.4 Å². The van der Waals surface area contributed by atoms with Gasteiger partial charge in [0.15, 0.2) is 23.9 Å². The van der Waals surface area contributed by atoms with Crippen molar-refractivity contribution in [3.8, 4) is 17.2 Å². The summed E-state index contributed by atoms with van der Waals surface area (Å²) in [5.74, 6) is 0.351. The molecule has 33 heavy (non-hydrogen) atoms. The van der Waals surface area contributed by atoms with Crippen LogP contribution in [0.2, 0.25) is 0 Å². The van der Waals surface area contributed by atoms with E-state index in [4.69, 9.17) is 14.2 Å². The topological polar surface area (TPSA) is 83.8 Å². The number of Topliss-reactive ketones (excluding diaryl/α,β-unsaturated/α-hetero) is 2. The lowest BCUT2D eigenvalue weighted by Gasteiger charge is -2.20. The lowest BCUT2D eigenvalue weighted by atomic mass is 10.1. The van der Waals surface area contributed by atoms with Crippen molar-refractivity contribution < 1.29 is 28.6 Å². The number of esters is 1. The summed E-state index contributed by atoms with van der Waals surface area (Å²) in [5, 5.41) is 0. The summed E-state index contributed by atoms with van der Waals surface area (Å²) in [4.78, 5) is 37.0. The third kappa shape index (κ3) is 4.98. The van der Waals surface area contributed by atoms with Crippen LogP contribution in [0.15, 0.2) is 54.6 Å². The first-order valence-corrected chi connectivity index (χ1v) is 10.8. The molecule has 0 radical (unpaired) electrons. The van der Waals surface area contributed by atoms with Gasteiger partial charge in [0.25, 0.3) is 0 Å². The minimum absolute atomic E-state index is 0.0374. The fourth-order valence-electron chi connectivity index (χ4n) is 3.89. The molecule has 1 aliphatic heterocycles. The molecule has 3 aromatic rings. The van der Waals surface area contributed by atoms with Gasteiger partial charge < -0.3 is 18.8 Å². The van der Waals surface area contributed by atoms with Crippen LogP contribution >= 0.6 is 0 Å². The van der Waals surface area contributed by atoms with E-state index >= 15 is 0 Å². The van der Waals surface area contributed by atoms with E-state index in [1.54, 1.807) is 30.3 Å². The number of benzene rings is 2. The van der Waals surface area contributed by atoms with Gasteiger partial charge in [-0.1, -0.05) is 30.3 Å². The molecule has 0 N–H and O–H groups in total. The van der Waals surface area contributed by atoms with Crippen LogP contribution in [0, 0.1) is 13.8 Å². The fourth-order valence-corrected chi connectivity index (χ4v) is 3.89. The fraction of sp³-hybridized carbons (Fsp3) is 0.269. The average Bonchev–Trinajstić information content (AvgIpc) is 3.14. The molecule has 2 heterocycles. The highest BCUT2D eigenvalue weighted by Gasteiger charge is 2.20. The quantitative estimate of drug-likeness (QED) is 0.379. The van der Waals surface area contributed by atoms with E-state index in [1.165, 1.54) is 0 Å². The van der Waals surface area contributed by atoms with Gasteiger partial charge in [0, 0.05) is 40.7 Å². The Morgan fingerprint density at radius 1 is 0.879 bits per heavy atom. The smallest absolute Gasteiger partial charge is 0.306 e. The molecule has 0 bridgehead atoms. The van der Waals surface area contributed by atoms with Crippen LogP contribution < -0.4 is 9.47 Å². The standard InChI is InChI=1S/C26H25NO6/c1-17-14-21(18(2)27(17)20-8-10-24-25(15-20)32-13-12-31-24)23(29)16-33-26(30)11-9-22(28)19-6-4-3-5-7-19/h3-8,10,14-15H,9,11-13,16H2,1-2H3. The molecular formula is C26H25NO6. The summed E-state index contributed by atoms with van der Waals surface area (Å²) in [7, 11) is 0. The molecule has 7 heteroatoms. The molecule has 0 amide bonds. The van der Waals surface area contributed by atoms with Gasteiger partial charge in [0.1, 0.15) is 13.2 Å². The van der Waals surface area contributed by atoms with E-state index < -0.39 is 5.97 Å². The molecule has 1 aromatic heterocycles. The number of aryl methyl sites for hydroxylation is 1. The minimum atomic E-state index is -0.576. The van der Waals surface area contributed by atoms with Gasteiger partial charge in [0.2, 0.25) is 5.78 Å². The highest BCUT2D eigenvalue weighted by atomic mass is 16.6. The average molecular weight is 447 g/mol. The molecule has 2 aromatic carbocycles. The summed E-state index contributed by atoms with van der Waals surface area (Å²) in [6.07, 6.45) is -0.0348. The molecule has 0 saturated carbocycles. The number of hydrogen-bond acceptors (Lipinski definition) is 6. The molecule has 0 atom stereocenters. The van der Waals surface area contributed by atoms with E-state index in [0.29, 0.717) is 35.8 Å². The molecule has 0 aliphatic carbocycles. The number of carbonyl (C=O) groups is 3. The molecule has 0 spiro atoms. The molecule has 0 saturated heterocycles. The van der Waals surface area contributed by atoms with E-state index in [0.717, 1.165) is 17.1 Å². The van der Waals surface area contributed by atoms with E-state index in [1.807, 2.05) is 42.7 Å². The zero-order chi connectivity index (χ0) is 23.4. The van der Waals surface area contributed by atoms with Crippen molar-refractivity contribution in [2.24, 2.45) is 0 Å². The predicted octanol–water partition coefficient (Wildman–Crippen LogP) is 4.25. The molecular weight excluding hydrogens is 422 g/mol. The number of nitrogens with zero attached hydrogens (tertiary/aromatic N) is 1. The van der Waals surface area contributed by atoms with Gasteiger partial charge in [0.05, 0.1) is 6.42 Å². The third-order valence-corrected chi connectivity index (χ3v) is 5.53. The lowest BCUT2D eigenvalue weighted by molar-refractivity contribution is -0.142. The van der Waals surface area contributed by atoms with E-state index in [2.05, 4.69) is 0 Å². The van der Waals surface area contributed by atoms with Crippen LogP contribution in [0.3, 0.4) is 0 Å². The second-order valence-electron chi connectivity index (χ2n) is 7.82. The lowest BCUT2D eigenvalue weighted by Crippen LogP contribution is -2.16. The van der Waals surface area contributed by atoms with Crippen molar-refractivity contribution in [1.82, 2.24) is 4.57 Å². The number of aromatic nitrogens is 1. The molecule has 0 fully saturated rings. The third-order valence-electron chi connectivity index (χ3n) is 5.53. The Morgan fingerprint density at radius 3 is 2.36 bits per heavy atom. The van der Waals surface area contributed by atoms with E-state index in [9.17, 15) is 14.4 Å². The van der Waals surface area contributed by atoms with Crippen LogP contribution in [0.4, 0.5) is 0 Å². The van der Waals surface area contributed by atoms with Crippen molar-refractivity contribution >= 4 is 17.5 Å². The number of ketones is 2. The second-order valence-corrected chi connectivity index (χ2v) is 7.82. The van der Waals surface area contributed by atoms with Gasteiger partial charge in [-0.25, -0.2) is 0 Å². The Labute approximate surface area is 191 Å². The summed E-state index contributed by atoms with van der Waals surface area (Å²) in [6.45, 7) is 4.39. The predicted molar refractivity (Wildman–Crippen MR) is 122 cm³/mol. The summed E-state index contributed by atoms with van der Waals surface area (Å²) in [5.41, 5.74) is 3.49. The van der Waals surface area contributed by atoms with Crippen LogP contribution in [0.25, 0.3) is 5.69 Å². The Balaban J connectivity index is 1.38. The monoisotopic (exact) mass is 447 g/mol. The van der Waals surface area contributed by atoms with Crippen LogP contribution in [0.1, 0.15) is 44.9 Å². The van der Waals surface area contributed by atoms with Crippen LogP contribution in [-0.4, -0.2) is 41.9 Å². The van der Waals surface area contributed by atoms with Crippen molar-refractivity contribution in [3.05, 3.63) is 77.1 Å². The van der Waals surface area contributed by atoms with Gasteiger partial charge in [-0.05, 0) is 32.0 Å². The zero-order valence-corrected chi connectivity index (χ0v) is 18.6. The molecule has 1 aliphatic rings. The van der Waals surface area contributed by atoms with Crippen molar-refractivity contribution in [2.45, 2.75) is 26.7 Å². The zero-order valence-electron chi connectivity index (χ0n) is 18.6. The normalized spacial score (nSPS) is 12.3. The Bertz CT molecular complexity index is 1190. The largest absolute Gasteiger partial charge is 0.486 e. The minimum Gasteiger partial charge on any atom is -0.486 e. The summed E-state index contributed by atoms with van der Waals surface area (Å²) >= 11 is 0. The second kappa shape index (κ2) is 9.73. The van der Waals surface area contributed by atoms with Crippen molar-refractivity contribution in [3.63, 3.8) is 0 Å². The van der Waals surface area contributed by atoms with Crippen LogP contribution in [-0.2, 0) is 9.53 Å². The molecule has 7 nitrogen and oxygen atoms in total. The molecule has 0 unspecified atom stereocenters. The number of hydrogen-bond donors (Lipinski definition) is 0. The Hall–Kier alpha value is -3.87. The van der Waals surface area contributed by atoms with Crippen molar-refractivity contribution in [2.75, 3.05) is 19.8 Å². The summed E-state index contributed by atoms with van der Waals surface area (Å²) < 4.78 is 18.3. The number of fused-ring (bicyclic) bond motifs is 1. The summed E-state index contributed by atoms with van der Waals surface area (Å²) in [6, 6.07) is 16.2. The highest BCUT2D eigenvalue weighted by Crippen LogP contribution is 2.33. The first-order valence-electron chi connectivity index (χ1n) is 10.8. The first-order chi connectivity index (χ1) is 15.9. The highest BCUT2D eigenvalue weighted by molar-refractivity contribution is 6.00. The van der Waals surface area contributed by atoms with Crippen molar-refractivity contribution in [1.29, 1.82) is 0 Å². The number of ether oxygens (including phenoxy) is 3. The van der Waals surface area contributed by atoms with Gasteiger partial charge >= 0.3 is 5.97 Å². The maximum atomic E-state index is 12.8. The number of rotatable bonds is 8. The molecule has 4 rings (SSSR count). The van der Waals surface area contributed by atoms with Gasteiger partial charge in [-0.2, -0.15) is 0 Å².